The van der Waals surface area contributed by atoms with Crippen molar-refractivity contribution in [2.45, 2.75) is 31.3 Å². The number of benzene rings is 2. The maximum Gasteiger partial charge on any atom is 0.253 e. The second kappa shape index (κ2) is 9.08. The molecule has 1 fully saturated rings. The summed E-state index contributed by atoms with van der Waals surface area (Å²) in [7, 11) is 0. The molecule has 2 aromatic heterocycles. The highest BCUT2D eigenvalue weighted by Crippen LogP contribution is 2.51. The van der Waals surface area contributed by atoms with Crippen LogP contribution in [-0.2, 0) is 28.1 Å². The summed E-state index contributed by atoms with van der Waals surface area (Å²) in [5, 5.41) is 7.84. The largest absolute Gasteiger partial charge is 0.348 e. The van der Waals surface area contributed by atoms with Crippen LogP contribution in [0, 0.1) is 0 Å². The number of halogens is 1. The van der Waals surface area contributed by atoms with Gasteiger partial charge in [-0.1, -0.05) is 22.0 Å². The van der Waals surface area contributed by atoms with Gasteiger partial charge in [0.25, 0.3) is 5.91 Å². The van der Waals surface area contributed by atoms with Crippen molar-refractivity contribution in [2.75, 3.05) is 31.1 Å². The maximum atomic E-state index is 14.1. The zero-order valence-electron chi connectivity index (χ0n) is 21.3. The molecule has 0 radical (unpaired) electrons. The topological polar surface area (TPSA) is 94.5 Å². The van der Waals surface area contributed by atoms with E-state index >= 15 is 0 Å². The maximum absolute atomic E-state index is 14.1. The lowest BCUT2D eigenvalue weighted by Gasteiger charge is -2.39. The molecule has 1 saturated heterocycles. The molecule has 1 N–H and O–H groups in total. The number of rotatable bonds is 3. The van der Waals surface area contributed by atoms with Gasteiger partial charge in [-0.3, -0.25) is 19.5 Å². The highest BCUT2D eigenvalue weighted by atomic mass is 79.9. The van der Waals surface area contributed by atoms with Gasteiger partial charge in [0.2, 0.25) is 11.8 Å². The third kappa shape index (κ3) is 3.80. The smallest absolute Gasteiger partial charge is 0.253 e. The number of nitrogens with one attached hydrogen (secondary N) is 1. The van der Waals surface area contributed by atoms with Gasteiger partial charge in [-0.2, -0.15) is 5.10 Å². The van der Waals surface area contributed by atoms with Crippen molar-refractivity contribution in [3.63, 3.8) is 0 Å². The Morgan fingerprint density at radius 1 is 1.00 bits per heavy atom. The van der Waals surface area contributed by atoms with Crippen LogP contribution in [0.3, 0.4) is 0 Å². The Balaban J connectivity index is 1.12. The summed E-state index contributed by atoms with van der Waals surface area (Å²) in [5.74, 6) is -0.154. The standard InChI is InChI=1S/C29H27BrN6O3/c30-22-4-1-5-24-26(22)29(28(39)36(24)18-25(37)35-14-13-33-10-2-3-21(33)17-35)8-11-34(12-9-29)27(38)19-6-7-23-20(15-19)16-31-32-23/h1-7,10,15-16H,8-9,11-14,17-18H2,(H,31,32). The normalized spacial score (nSPS) is 18.1. The second-order valence-electron chi connectivity index (χ2n) is 10.6. The van der Waals surface area contributed by atoms with Crippen LogP contribution in [0.1, 0.15) is 34.5 Å². The number of carbonyl (C=O) groups excluding carboxylic acids is 3. The minimum absolute atomic E-state index is 0.0120. The molecule has 2 aromatic carbocycles. The number of hydrogen-bond acceptors (Lipinski definition) is 4. The third-order valence-corrected chi connectivity index (χ3v) is 9.20. The Morgan fingerprint density at radius 2 is 1.85 bits per heavy atom. The van der Waals surface area contributed by atoms with Crippen LogP contribution in [0.25, 0.3) is 10.9 Å². The second-order valence-corrected chi connectivity index (χ2v) is 11.4. The summed E-state index contributed by atoms with van der Waals surface area (Å²) in [6.45, 7) is 2.86. The fourth-order valence-electron chi connectivity index (χ4n) is 6.42. The van der Waals surface area contributed by atoms with E-state index in [1.54, 1.807) is 11.1 Å². The van der Waals surface area contributed by atoms with Crippen LogP contribution in [0.2, 0.25) is 0 Å². The van der Waals surface area contributed by atoms with Crippen molar-refractivity contribution in [2.24, 2.45) is 0 Å². The summed E-state index contributed by atoms with van der Waals surface area (Å²) < 4.78 is 3.03. The molecule has 9 nitrogen and oxygen atoms in total. The fraction of sp³-hybridized carbons (Fsp3) is 0.310. The number of anilines is 1. The molecule has 7 rings (SSSR count). The molecular formula is C29H27BrN6O3. The van der Waals surface area contributed by atoms with E-state index in [1.807, 2.05) is 64.5 Å². The summed E-state index contributed by atoms with van der Waals surface area (Å²) in [5.41, 5.74) is 3.55. The lowest BCUT2D eigenvalue weighted by molar-refractivity contribution is -0.133. The van der Waals surface area contributed by atoms with Gasteiger partial charge >= 0.3 is 0 Å². The lowest BCUT2D eigenvalue weighted by atomic mass is 9.73. The van der Waals surface area contributed by atoms with Crippen molar-refractivity contribution in [3.8, 4) is 0 Å². The molecule has 39 heavy (non-hydrogen) atoms. The van der Waals surface area contributed by atoms with Crippen molar-refractivity contribution >= 4 is 50.2 Å². The monoisotopic (exact) mass is 586 g/mol. The number of hydrogen-bond donors (Lipinski definition) is 1. The average molecular weight is 587 g/mol. The minimum atomic E-state index is -0.766. The molecule has 5 heterocycles. The molecule has 0 unspecified atom stereocenters. The summed E-state index contributed by atoms with van der Waals surface area (Å²) >= 11 is 3.70. The first-order valence-corrected chi connectivity index (χ1v) is 14.0. The van der Waals surface area contributed by atoms with Gasteiger partial charge in [-0.15, -0.1) is 0 Å². The van der Waals surface area contributed by atoms with E-state index in [0.29, 0.717) is 44.6 Å². The minimum Gasteiger partial charge on any atom is -0.348 e. The number of piperidine rings is 1. The predicted molar refractivity (Wildman–Crippen MR) is 149 cm³/mol. The molecule has 3 aliphatic heterocycles. The Kier molecular flexibility index (Phi) is 5.62. The molecule has 4 aromatic rings. The molecule has 0 aliphatic carbocycles. The molecule has 0 atom stereocenters. The van der Waals surface area contributed by atoms with Crippen LogP contribution >= 0.6 is 15.9 Å². The SMILES string of the molecule is O=C(CN1C(=O)C2(CCN(C(=O)c3ccc4[nH]ncc4c3)CC2)c2c(Br)cccc21)N1CCn2cccc2C1. The first-order chi connectivity index (χ1) is 18.9. The van der Waals surface area contributed by atoms with Crippen molar-refractivity contribution in [3.05, 3.63) is 82.2 Å². The molecule has 0 bridgehead atoms. The molecule has 198 valence electrons. The number of amides is 3. The van der Waals surface area contributed by atoms with Crippen molar-refractivity contribution < 1.29 is 14.4 Å². The van der Waals surface area contributed by atoms with Crippen LogP contribution in [-0.4, -0.2) is 68.5 Å². The number of fused-ring (bicyclic) bond motifs is 4. The van der Waals surface area contributed by atoms with Gasteiger partial charge in [-0.05, 0) is 55.3 Å². The summed E-state index contributed by atoms with van der Waals surface area (Å²) in [4.78, 5) is 46.3. The zero-order valence-corrected chi connectivity index (χ0v) is 22.9. The third-order valence-electron chi connectivity index (χ3n) is 8.54. The van der Waals surface area contributed by atoms with Gasteiger partial charge in [0.1, 0.15) is 6.54 Å². The Bertz CT molecular complexity index is 1630. The van der Waals surface area contributed by atoms with E-state index in [-0.39, 0.29) is 24.3 Å². The number of H-pyrrole nitrogens is 1. The highest BCUT2D eigenvalue weighted by Gasteiger charge is 2.54. The van der Waals surface area contributed by atoms with E-state index in [9.17, 15) is 14.4 Å². The Morgan fingerprint density at radius 3 is 2.69 bits per heavy atom. The van der Waals surface area contributed by atoms with E-state index in [4.69, 9.17) is 0 Å². The van der Waals surface area contributed by atoms with E-state index in [2.05, 4.69) is 30.7 Å². The highest BCUT2D eigenvalue weighted by molar-refractivity contribution is 9.10. The molecule has 1 spiro atoms. The number of aromatic amines is 1. The number of likely N-dealkylation sites (tertiary alicyclic amines) is 1. The average Bonchev–Trinajstić information content (AvgIpc) is 3.67. The van der Waals surface area contributed by atoms with Gasteiger partial charge in [0.15, 0.2) is 0 Å². The van der Waals surface area contributed by atoms with Gasteiger partial charge in [-0.25, -0.2) is 0 Å². The van der Waals surface area contributed by atoms with Crippen LogP contribution in [0.5, 0.6) is 0 Å². The predicted octanol–water partition coefficient (Wildman–Crippen LogP) is 3.69. The first kappa shape index (κ1) is 24.1. The quantitative estimate of drug-likeness (QED) is 0.396. The van der Waals surface area contributed by atoms with Crippen LogP contribution < -0.4 is 4.90 Å². The van der Waals surface area contributed by atoms with E-state index in [0.717, 1.165) is 38.9 Å². The van der Waals surface area contributed by atoms with E-state index in [1.165, 1.54) is 0 Å². The molecule has 3 aliphatic rings. The van der Waals surface area contributed by atoms with E-state index < -0.39 is 5.41 Å². The molecular weight excluding hydrogens is 560 g/mol. The fourth-order valence-corrected chi connectivity index (χ4v) is 7.15. The number of aromatic nitrogens is 3. The zero-order chi connectivity index (χ0) is 26.7. The van der Waals surface area contributed by atoms with Gasteiger partial charge in [0.05, 0.1) is 23.7 Å². The lowest BCUT2D eigenvalue weighted by Crippen LogP contribution is -2.52. The molecule has 0 saturated carbocycles. The number of carbonyl (C=O) groups is 3. The summed E-state index contributed by atoms with van der Waals surface area (Å²) in [6.07, 6.45) is 4.75. The van der Waals surface area contributed by atoms with Gasteiger partial charge in [0, 0.05) is 64.7 Å². The molecule has 10 heteroatoms. The number of nitrogens with zero attached hydrogens (tertiary/aromatic N) is 5. The van der Waals surface area contributed by atoms with Crippen molar-refractivity contribution in [1.82, 2.24) is 24.6 Å². The van der Waals surface area contributed by atoms with Crippen LogP contribution in [0.15, 0.2) is 65.4 Å². The first-order valence-electron chi connectivity index (χ1n) is 13.2. The molecule has 3 amide bonds. The van der Waals surface area contributed by atoms with Crippen molar-refractivity contribution in [1.29, 1.82) is 0 Å². The Labute approximate surface area is 233 Å². The summed E-state index contributed by atoms with van der Waals surface area (Å²) in [6, 6.07) is 15.3. The van der Waals surface area contributed by atoms with Gasteiger partial charge < -0.3 is 19.3 Å². The Hall–Kier alpha value is -3.92. The van der Waals surface area contributed by atoms with Crippen LogP contribution in [0.4, 0.5) is 5.69 Å².